The molecule has 5 heteroatoms. The predicted molar refractivity (Wildman–Crippen MR) is 98.4 cm³/mol. The Balaban J connectivity index is 1.52. The van der Waals surface area contributed by atoms with Crippen molar-refractivity contribution in [2.45, 2.75) is 50.6 Å². The van der Waals surface area contributed by atoms with Gasteiger partial charge in [0.15, 0.2) is 0 Å². The fourth-order valence-electron chi connectivity index (χ4n) is 5.73. The van der Waals surface area contributed by atoms with E-state index in [1.807, 2.05) is 0 Å². The number of primary amides is 1. The molecule has 0 radical (unpaired) electrons. The first-order chi connectivity index (χ1) is 12.5. The second kappa shape index (κ2) is 5.56. The quantitative estimate of drug-likeness (QED) is 0.840. The zero-order chi connectivity index (χ0) is 18.1. The first-order valence-electron chi connectivity index (χ1n) is 9.93. The van der Waals surface area contributed by atoms with E-state index in [-0.39, 0.29) is 11.9 Å². The first-order valence-corrected chi connectivity index (χ1v) is 9.93. The van der Waals surface area contributed by atoms with Gasteiger partial charge in [-0.2, -0.15) is 0 Å². The molecule has 0 unspecified atom stereocenters. The minimum absolute atomic E-state index is 0.00311. The number of nitrogens with two attached hydrogens (primary N) is 1. The second-order valence-corrected chi connectivity index (χ2v) is 8.78. The molecule has 1 saturated carbocycles. The van der Waals surface area contributed by atoms with E-state index in [2.05, 4.69) is 41.0 Å². The van der Waals surface area contributed by atoms with Gasteiger partial charge in [0.2, 0.25) is 11.8 Å². The SMILES string of the molecule is Cc1ccc([C@@H]2CN(C(=O)C3(C(N)=O)CC3)[C@@H]3C4CCN(CC4)[C@@H]32)cc1. The topological polar surface area (TPSA) is 66.6 Å². The molecule has 3 atom stereocenters. The monoisotopic (exact) mass is 353 g/mol. The molecule has 1 aliphatic carbocycles. The Hall–Kier alpha value is -1.88. The molecule has 5 nitrogen and oxygen atoms in total. The van der Waals surface area contributed by atoms with Gasteiger partial charge >= 0.3 is 0 Å². The molecule has 1 aromatic rings. The Labute approximate surface area is 154 Å². The second-order valence-electron chi connectivity index (χ2n) is 8.78. The first kappa shape index (κ1) is 16.3. The zero-order valence-electron chi connectivity index (χ0n) is 15.4. The molecule has 4 aliphatic heterocycles. The summed E-state index contributed by atoms with van der Waals surface area (Å²) in [5.74, 6) is 0.465. The fraction of sp³-hybridized carbons (Fsp3) is 0.619. The summed E-state index contributed by atoms with van der Waals surface area (Å²) in [5, 5.41) is 0. The number of piperidine rings is 3. The van der Waals surface area contributed by atoms with E-state index in [0.29, 0.717) is 30.7 Å². The Kier molecular flexibility index (Phi) is 3.48. The summed E-state index contributed by atoms with van der Waals surface area (Å²) in [6.07, 6.45) is 3.57. The Morgan fingerprint density at radius 2 is 1.73 bits per heavy atom. The van der Waals surface area contributed by atoms with E-state index in [4.69, 9.17) is 5.73 Å². The van der Waals surface area contributed by atoms with Crippen LogP contribution in [0.25, 0.3) is 0 Å². The van der Waals surface area contributed by atoms with Crippen molar-refractivity contribution in [3.8, 4) is 0 Å². The Morgan fingerprint density at radius 3 is 2.31 bits per heavy atom. The lowest BCUT2D eigenvalue weighted by atomic mass is 9.75. The summed E-state index contributed by atoms with van der Waals surface area (Å²) < 4.78 is 0. The van der Waals surface area contributed by atoms with Crippen LogP contribution in [0.5, 0.6) is 0 Å². The third-order valence-corrected chi connectivity index (χ3v) is 7.39. The third kappa shape index (κ3) is 2.19. The van der Waals surface area contributed by atoms with Gasteiger partial charge in [-0.1, -0.05) is 29.8 Å². The Morgan fingerprint density at radius 1 is 1.08 bits per heavy atom. The van der Waals surface area contributed by atoms with Gasteiger partial charge in [0.1, 0.15) is 5.41 Å². The van der Waals surface area contributed by atoms with Crippen LogP contribution < -0.4 is 5.73 Å². The van der Waals surface area contributed by atoms with Crippen LogP contribution in [0.2, 0.25) is 0 Å². The van der Waals surface area contributed by atoms with E-state index in [1.165, 1.54) is 11.1 Å². The molecule has 0 spiro atoms. The lowest BCUT2D eigenvalue weighted by molar-refractivity contribution is -0.146. The van der Waals surface area contributed by atoms with Crippen molar-refractivity contribution in [1.82, 2.24) is 9.80 Å². The van der Waals surface area contributed by atoms with E-state index < -0.39 is 11.3 Å². The van der Waals surface area contributed by atoms with Crippen molar-refractivity contribution in [1.29, 1.82) is 0 Å². The summed E-state index contributed by atoms with van der Waals surface area (Å²) in [4.78, 5) is 29.9. The number of carbonyl (C=O) groups is 2. The standard InChI is InChI=1S/C21H27N3O2/c1-13-2-4-14(5-3-13)16-12-24(20(26)21(8-9-21)19(22)25)17-15-6-10-23(11-7-15)18(16)17/h2-5,15-18H,6-12H2,1H3,(H2,22,25)/t16-,17+,18+/m0/s1. The lowest BCUT2D eigenvalue weighted by Gasteiger charge is -2.51. The minimum atomic E-state index is -0.904. The molecule has 5 aliphatic rings. The maximum Gasteiger partial charge on any atom is 0.238 e. The molecule has 2 bridgehead atoms. The van der Waals surface area contributed by atoms with Gasteiger partial charge in [-0.15, -0.1) is 0 Å². The minimum Gasteiger partial charge on any atom is -0.369 e. The molecule has 2 amide bonds. The van der Waals surface area contributed by atoms with Gasteiger partial charge in [0, 0.05) is 18.5 Å². The number of hydrogen-bond donors (Lipinski definition) is 1. The summed E-state index contributed by atoms with van der Waals surface area (Å²) >= 11 is 0. The molecule has 1 aromatic carbocycles. The van der Waals surface area contributed by atoms with Gasteiger partial charge in [0.05, 0.1) is 6.04 Å². The average molecular weight is 353 g/mol. The number of aryl methyl sites for hydroxylation is 1. The largest absolute Gasteiger partial charge is 0.369 e. The summed E-state index contributed by atoms with van der Waals surface area (Å²) in [6.45, 7) is 5.10. The highest BCUT2D eigenvalue weighted by atomic mass is 16.2. The van der Waals surface area contributed by atoms with E-state index in [9.17, 15) is 9.59 Å². The van der Waals surface area contributed by atoms with Gasteiger partial charge in [-0.05, 0) is 57.2 Å². The number of nitrogens with zero attached hydrogens (tertiary/aromatic N) is 2. The summed E-state index contributed by atoms with van der Waals surface area (Å²) in [5.41, 5.74) is 7.28. The molecule has 6 rings (SSSR count). The molecule has 2 N–H and O–H groups in total. The number of rotatable bonds is 3. The molecular formula is C21H27N3O2. The van der Waals surface area contributed by atoms with Crippen molar-refractivity contribution < 1.29 is 9.59 Å². The highest BCUT2D eigenvalue weighted by Gasteiger charge is 2.62. The van der Waals surface area contributed by atoms with Gasteiger partial charge in [0.25, 0.3) is 0 Å². The highest BCUT2D eigenvalue weighted by Crippen LogP contribution is 2.52. The fourth-order valence-corrected chi connectivity index (χ4v) is 5.73. The van der Waals surface area contributed by atoms with Crippen molar-refractivity contribution in [2.24, 2.45) is 17.1 Å². The summed E-state index contributed by atoms with van der Waals surface area (Å²) in [7, 11) is 0. The molecular weight excluding hydrogens is 326 g/mol. The Bertz CT molecular complexity index is 747. The number of amides is 2. The number of benzene rings is 1. The van der Waals surface area contributed by atoms with Crippen LogP contribution in [0.1, 0.15) is 42.7 Å². The van der Waals surface area contributed by atoms with Gasteiger partial charge in [-0.25, -0.2) is 0 Å². The van der Waals surface area contributed by atoms with Crippen LogP contribution in [0, 0.1) is 18.3 Å². The molecule has 5 fully saturated rings. The van der Waals surface area contributed by atoms with E-state index in [0.717, 1.165) is 32.5 Å². The average Bonchev–Trinajstić information content (AvgIpc) is 3.37. The van der Waals surface area contributed by atoms with Crippen molar-refractivity contribution >= 4 is 11.8 Å². The van der Waals surface area contributed by atoms with Crippen LogP contribution in [0.3, 0.4) is 0 Å². The van der Waals surface area contributed by atoms with Crippen molar-refractivity contribution in [2.75, 3.05) is 19.6 Å². The van der Waals surface area contributed by atoms with Crippen LogP contribution in [0.15, 0.2) is 24.3 Å². The molecule has 4 heterocycles. The molecule has 26 heavy (non-hydrogen) atoms. The van der Waals surface area contributed by atoms with Crippen LogP contribution in [0.4, 0.5) is 0 Å². The van der Waals surface area contributed by atoms with Crippen LogP contribution in [-0.2, 0) is 9.59 Å². The summed E-state index contributed by atoms with van der Waals surface area (Å²) in [6, 6.07) is 9.39. The number of hydrogen-bond acceptors (Lipinski definition) is 3. The van der Waals surface area contributed by atoms with Crippen LogP contribution in [-0.4, -0.2) is 53.3 Å². The molecule has 4 saturated heterocycles. The van der Waals surface area contributed by atoms with Gasteiger partial charge < -0.3 is 10.6 Å². The number of fused-ring (bicyclic) bond motifs is 2. The lowest BCUT2D eigenvalue weighted by Crippen LogP contribution is -2.61. The molecule has 138 valence electrons. The normalized spacial score (nSPS) is 36.7. The third-order valence-electron chi connectivity index (χ3n) is 7.39. The van der Waals surface area contributed by atoms with Crippen LogP contribution >= 0.6 is 0 Å². The maximum atomic E-state index is 13.3. The van der Waals surface area contributed by atoms with E-state index in [1.54, 1.807) is 0 Å². The predicted octanol–water partition coefficient (Wildman–Crippen LogP) is 1.65. The van der Waals surface area contributed by atoms with E-state index >= 15 is 0 Å². The van der Waals surface area contributed by atoms with Crippen molar-refractivity contribution in [3.63, 3.8) is 0 Å². The van der Waals surface area contributed by atoms with Crippen molar-refractivity contribution in [3.05, 3.63) is 35.4 Å². The van der Waals surface area contributed by atoms with Gasteiger partial charge in [-0.3, -0.25) is 14.5 Å². The maximum absolute atomic E-state index is 13.3. The smallest absolute Gasteiger partial charge is 0.238 e. The highest BCUT2D eigenvalue weighted by molar-refractivity contribution is 6.07. The molecule has 0 aromatic heterocycles. The number of likely N-dealkylation sites (tertiary alicyclic amines) is 1. The zero-order valence-corrected chi connectivity index (χ0v) is 15.4. The number of carbonyl (C=O) groups excluding carboxylic acids is 2.